The van der Waals surface area contributed by atoms with Crippen molar-refractivity contribution in [2.75, 3.05) is 33.0 Å². The van der Waals surface area contributed by atoms with Gasteiger partial charge < -0.3 is 125 Å². The molecule has 0 radical (unpaired) electrons. The number of carbonyl (C=O) groups is 2. The van der Waals surface area contributed by atoms with Gasteiger partial charge in [0.25, 0.3) is 0 Å². The number of rotatable bonds is 18. The summed E-state index contributed by atoms with van der Waals surface area (Å²) in [5, 5.41) is 163. The fourth-order valence-electron chi connectivity index (χ4n) is 7.37. The van der Waals surface area contributed by atoms with Crippen LogP contribution < -0.4 is 10.6 Å². The maximum atomic E-state index is 12.4. The summed E-state index contributed by atoms with van der Waals surface area (Å²) in [6, 6.07) is -3.11. The average Bonchev–Trinajstić information content (AvgIpc) is 3.22. The van der Waals surface area contributed by atoms with Crippen molar-refractivity contribution in [1.82, 2.24) is 10.6 Å². The van der Waals surface area contributed by atoms with Gasteiger partial charge in [0.2, 0.25) is 11.8 Å². The van der Waals surface area contributed by atoms with Crippen molar-refractivity contribution in [2.24, 2.45) is 0 Å². The van der Waals surface area contributed by atoms with Gasteiger partial charge in [0.05, 0.1) is 45.2 Å². The van der Waals surface area contributed by atoms with Gasteiger partial charge in [0.15, 0.2) is 25.2 Å². The molecule has 4 aliphatic heterocycles. The second-order valence-electron chi connectivity index (χ2n) is 15.2. The minimum absolute atomic E-state index is 0.727. The van der Waals surface area contributed by atoms with E-state index in [-0.39, 0.29) is 0 Å². The zero-order valence-electron chi connectivity index (χ0n) is 33.2. The third-order valence-electron chi connectivity index (χ3n) is 10.7. The summed E-state index contributed by atoms with van der Waals surface area (Å²) >= 11 is 0. The van der Waals surface area contributed by atoms with E-state index in [0.717, 1.165) is 13.8 Å². The summed E-state index contributed by atoms with van der Waals surface area (Å²) in [4.78, 5) is 24.2. The molecule has 0 saturated carbocycles. The molecule has 27 nitrogen and oxygen atoms in total. The third kappa shape index (κ3) is 11.8. The highest BCUT2D eigenvalue weighted by molar-refractivity contribution is 5.73. The first-order valence-corrected chi connectivity index (χ1v) is 19.4. The molecule has 24 atom stereocenters. The molecule has 4 rings (SSSR count). The number of amides is 2. The van der Waals surface area contributed by atoms with Crippen molar-refractivity contribution in [1.29, 1.82) is 0 Å². The van der Waals surface area contributed by atoms with Crippen molar-refractivity contribution in [3.05, 3.63) is 0 Å². The van der Waals surface area contributed by atoms with Crippen LogP contribution in [0, 0.1) is 0 Å². The van der Waals surface area contributed by atoms with Crippen molar-refractivity contribution in [3.63, 3.8) is 0 Å². The molecule has 356 valence electrons. The fraction of sp³-hybridized carbons (Fsp3) is 0.941. The van der Waals surface area contributed by atoms with Crippen LogP contribution in [0.2, 0.25) is 0 Å². The Morgan fingerprint density at radius 3 is 1.61 bits per heavy atom. The normalized spacial score (nSPS) is 44.1. The summed E-state index contributed by atoms with van der Waals surface area (Å²) in [6.07, 6.45) is -40.4. The van der Waals surface area contributed by atoms with Gasteiger partial charge in [-0.1, -0.05) is 0 Å². The lowest BCUT2D eigenvalue weighted by molar-refractivity contribution is -0.383. The number of carbonyl (C=O) groups excluding carboxylic acids is 2. The van der Waals surface area contributed by atoms with Crippen LogP contribution in [-0.4, -0.2) is 269 Å². The van der Waals surface area contributed by atoms with Crippen molar-refractivity contribution < 1.29 is 124 Å². The minimum Gasteiger partial charge on any atom is -0.394 e. The van der Waals surface area contributed by atoms with Crippen LogP contribution in [0.5, 0.6) is 0 Å². The van der Waals surface area contributed by atoms with E-state index in [2.05, 4.69) is 10.6 Å². The smallest absolute Gasteiger partial charge is 0.217 e. The summed E-state index contributed by atoms with van der Waals surface area (Å²) < 4.78 is 45.5. The summed E-state index contributed by atoms with van der Waals surface area (Å²) in [5.41, 5.74) is 0. The van der Waals surface area contributed by atoms with Gasteiger partial charge in [0.1, 0.15) is 110 Å². The second kappa shape index (κ2) is 22.8. The zero-order chi connectivity index (χ0) is 45.6. The monoisotopic (exact) mass is 896 g/mol. The lowest BCUT2D eigenvalue weighted by Crippen LogP contribution is -2.70. The Hall–Kier alpha value is -1.98. The minimum atomic E-state index is -2.16. The molecule has 4 fully saturated rings. The predicted octanol–water partition coefficient (Wildman–Crippen LogP) is -11.0. The summed E-state index contributed by atoms with van der Waals surface area (Å²) in [6.45, 7) is -1.39. The Morgan fingerprint density at radius 1 is 0.557 bits per heavy atom. The molecule has 2 amide bonds. The van der Waals surface area contributed by atoms with Crippen LogP contribution in [-0.2, 0) is 47.5 Å². The first-order valence-electron chi connectivity index (χ1n) is 19.4. The lowest BCUT2D eigenvalue weighted by atomic mass is 9.94. The molecular weight excluding hydrogens is 836 g/mol. The standard InChI is InChI=1S/C34H60N2O25/c1-9-18(45)22(49)24(51)32(54-9)60-29-17(36-11(3)43)31(55-14(6-39)20(29)47)61-30-21(48)15(7-40)56-34(26(30)53)59-28-16(8-41)57-33(25(52)23(28)50)58-27(19(46)13(44)5-38)12(4-37)35-10(2)42/h9,12-34,37-41,44-53H,4-8H2,1-3H3,(H,35,42)(H,36,43)/t9-,12-,13+,14+,15+,16+,17+,18+,19-,20-,21-,22+,23+,24-,25+,26+,27+,28-,29+,30-,31-,32-,33-,34-/m0/s1. The van der Waals surface area contributed by atoms with Crippen molar-refractivity contribution >= 4 is 11.8 Å². The van der Waals surface area contributed by atoms with E-state index in [4.69, 9.17) is 37.9 Å². The Bertz CT molecular complexity index is 1370. The Labute approximate surface area is 347 Å². The van der Waals surface area contributed by atoms with E-state index in [0.29, 0.717) is 0 Å². The van der Waals surface area contributed by atoms with Crippen molar-refractivity contribution in [2.45, 2.75) is 168 Å². The molecule has 61 heavy (non-hydrogen) atoms. The van der Waals surface area contributed by atoms with Gasteiger partial charge in [-0.05, 0) is 6.92 Å². The molecule has 0 aliphatic carbocycles. The molecule has 0 aromatic carbocycles. The van der Waals surface area contributed by atoms with Gasteiger partial charge in [-0.25, -0.2) is 0 Å². The average molecular weight is 897 g/mol. The molecule has 4 aliphatic rings. The van der Waals surface area contributed by atoms with Crippen LogP contribution in [0.1, 0.15) is 20.8 Å². The number of hydrogen-bond donors (Lipinski definition) is 17. The molecule has 0 bridgehead atoms. The predicted molar refractivity (Wildman–Crippen MR) is 191 cm³/mol. The maximum absolute atomic E-state index is 12.4. The molecule has 4 saturated heterocycles. The lowest BCUT2D eigenvalue weighted by Gasteiger charge is -2.50. The molecular formula is C34H60N2O25. The van der Waals surface area contributed by atoms with Crippen molar-refractivity contribution in [3.8, 4) is 0 Å². The molecule has 27 heteroatoms. The third-order valence-corrected chi connectivity index (χ3v) is 10.7. The highest BCUT2D eigenvalue weighted by Gasteiger charge is 2.56. The second-order valence-corrected chi connectivity index (χ2v) is 15.2. The van der Waals surface area contributed by atoms with E-state index in [1.54, 1.807) is 0 Å². The van der Waals surface area contributed by atoms with Crippen LogP contribution in [0.15, 0.2) is 0 Å². The van der Waals surface area contributed by atoms with Gasteiger partial charge in [0, 0.05) is 13.8 Å². The van der Waals surface area contributed by atoms with E-state index in [1.165, 1.54) is 6.92 Å². The zero-order valence-corrected chi connectivity index (χ0v) is 33.2. The van der Waals surface area contributed by atoms with E-state index in [9.17, 15) is 86.2 Å². The Balaban J connectivity index is 1.58. The molecule has 0 unspecified atom stereocenters. The summed E-state index contributed by atoms with van der Waals surface area (Å²) in [7, 11) is 0. The molecule has 0 spiro atoms. The molecule has 0 aromatic heterocycles. The number of hydrogen-bond acceptors (Lipinski definition) is 25. The first kappa shape index (κ1) is 51.7. The SMILES string of the molecule is CC(=O)N[C@H]1[C@H](O[C@H]2[C@@H](O)[C@@H](CO)O[C@@H](O[C@@H]3[C@H](O)[C@@H](O)[C@H](O[C@@H]([C@@H](O)[C@H](O)CO)[C@H](CO)NC(C)=O)O[C@@H]3CO)[C@@H]2O)O[C@H](CO)[C@H](O)[C@@H]1O[C@@H]1O[C@@H](C)[C@@H](O)[C@@H](O)[C@@H]1O. The molecule has 4 heterocycles. The Morgan fingerprint density at radius 2 is 1.07 bits per heavy atom. The van der Waals surface area contributed by atoms with Gasteiger partial charge in [-0.15, -0.1) is 0 Å². The van der Waals surface area contributed by atoms with E-state index < -0.39 is 192 Å². The van der Waals surface area contributed by atoms with E-state index in [1.807, 2.05) is 0 Å². The largest absolute Gasteiger partial charge is 0.394 e. The quantitative estimate of drug-likeness (QED) is 0.0607. The number of ether oxygens (including phenoxy) is 8. The van der Waals surface area contributed by atoms with Gasteiger partial charge >= 0.3 is 0 Å². The number of aliphatic hydroxyl groups excluding tert-OH is 15. The highest BCUT2D eigenvalue weighted by atomic mass is 16.8. The first-order chi connectivity index (χ1) is 28.7. The van der Waals surface area contributed by atoms with E-state index >= 15 is 0 Å². The van der Waals surface area contributed by atoms with Crippen LogP contribution >= 0.6 is 0 Å². The van der Waals surface area contributed by atoms with Crippen LogP contribution in [0.25, 0.3) is 0 Å². The summed E-state index contributed by atoms with van der Waals surface area (Å²) in [5.74, 6) is -1.51. The fourth-order valence-corrected chi connectivity index (χ4v) is 7.37. The number of nitrogens with one attached hydrogen (secondary N) is 2. The molecule has 17 N–H and O–H groups in total. The van der Waals surface area contributed by atoms with Gasteiger partial charge in [-0.3, -0.25) is 9.59 Å². The molecule has 0 aromatic rings. The highest BCUT2D eigenvalue weighted by Crippen LogP contribution is 2.35. The maximum Gasteiger partial charge on any atom is 0.217 e. The van der Waals surface area contributed by atoms with Crippen LogP contribution in [0.3, 0.4) is 0 Å². The Kier molecular flexibility index (Phi) is 19.3. The number of aliphatic hydroxyl groups is 15. The van der Waals surface area contributed by atoms with Crippen LogP contribution in [0.4, 0.5) is 0 Å². The van der Waals surface area contributed by atoms with Gasteiger partial charge in [-0.2, -0.15) is 0 Å². The topological polar surface area (TPSA) is 435 Å².